The van der Waals surface area contributed by atoms with Crippen molar-refractivity contribution >= 4 is 11.7 Å². The average molecular weight is 487 g/mol. The third-order valence-electron chi connectivity index (χ3n) is 6.29. The normalized spacial score (nSPS) is 20.1. The van der Waals surface area contributed by atoms with E-state index in [0.717, 1.165) is 5.56 Å². The Labute approximate surface area is 203 Å². The third kappa shape index (κ3) is 6.04. The lowest BCUT2D eigenvalue weighted by Gasteiger charge is -2.28. The number of aliphatic hydroxyl groups is 1. The fourth-order valence-electron chi connectivity index (χ4n) is 4.51. The highest BCUT2D eigenvalue weighted by Crippen LogP contribution is 2.31. The first kappa shape index (κ1) is 25.2. The van der Waals surface area contributed by atoms with Crippen molar-refractivity contribution < 1.29 is 33.3 Å². The van der Waals surface area contributed by atoms with E-state index < -0.39 is 18.0 Å². The molecule has 0 radical (unpaired) electrons. The van der Waals surface area contributed by atoms with Crippen LogP contribution in [0.25, 0.3) is 0 Å². The zero-order valence-electron chi connectivity index (χ0n) is 20.0. The van der Waals surface area contributed by atoms with Crippen LogP contribution in [-0.2, 0) is 22.3 Å². The van der Waals surface area contributed by atoms with Gasteiger partial charge in [-0.05, 0) is 36.1 Å². The van der Waals surface area contributed by atoms with Crippen LogP contribution in [0.3, 0.4) is 0 Å². The van der Waals surface area contributed by atoms with Gasteiger partial charge < -0.3 is 24.6 Å². The van der Waals surface area contributed by atoms with Crippen molar-refractivity contribution in [2.24, 2.45) is 5.92 Å². The quantitative estimate of drug-likeness (QED) is 0.525. The van der Waals surface area contributed by atoms with Gasteiger partial charge in [0.2, 0.25) is 0 Å². The molecule has 188 valence electrons. The lowest BCUT2D eigenvalue weighted by molar-refractivity contribution is -0.0261. The first-order valence-corrected chi connectivity index (χ1v) is 11.9. The first-order valence-electron chi connectivity index (χ1n) is 11.9. The molecule has 0 spiro atoms. The van der Waals surface area contributed by atoms with Crippen LogP contribution < -0.4 is 10.1 Å². The van der Waals surface area contributed by atoms with Crippen LogP contribution in [0.4, 0.5) is 4.39 Å². The molecular weight excluding hydrogens is 455 g/mol. The fourth-order valence-corrected chi connectivity index (χ4v) is 4.51. The number of aromatic nitrogens is 1. The summed E-state index contributed by atoms with van der Waals surface area (Å²) in [5.74, 6) is -0.614. The first-order chi connectivity index (χ1) is 16.9. The second-order valence-electron chi connectivity index (χ2n) is 9.23. The Bertz CT molecular complexity index is 1090. The number of nitrogens with one attached hydrogen (secondary N) is 1. The lowest BCUT2D eigenvalue weighted by Crippen LogP contribution is -2.48. The molecule has 2 aromatic rings. The Kier molecular flexibility index (Phi) is 8.10. The Hall–Kier alpha value is -2.88. The maximum Gasteiger partial charge on any atom is 0.270 e. The van der Waals surface area contributed by atoms with Crippen molar-refractivity contribution in [2.45, 2.75) is 44.8 Å². The van der Waals surface area contributed by atoms with Crippen molar-refractivity contribution in [2.75, 3.05) is 33.5 Å². The van der Waals surface area contributed by atoms with Gasteiger partial charge in [0, 0.05) is 45.1 Å². The molecule has 2 aliphatic heterocycles. The zero-order chi connectivity index (χ0) is 24.9. The number of rotatable bonds is 9. The number of carbonyl (C=O) groups is 2. The zero-order valence-corrected chi connectivity index (χ0v) is 20.0. The molecule has 35 heavy (non-hydrogen) atoms. The van der Waals surface area contributed by atoms with E-state index in [1.54, 1.807) is 19.2 Å². The minimum absolute atomic E-state index is 0.00468. The maximum atomic E-state index is 14.8. The second-order valence-corrected chi connectivity index (χ2v) is 9.23. The number of ketones is 1. The summed E-state index contributed by atoms with van der Waals surface area (Å²) in [7, 11) is 1.57. The molecule has 1 fully saturated rings. The summed E-state index contributed by atoms with van der Waals surface area (Å²) >= 11 is 0. The molecule has 3 heterocycles. The second kappa shape index (κ2) is 11.2. The molecule has 2 aliphatic rings. The number of fused-ring (bicyclic) bond motifs is 1. The summed E-state index contributed by atoms with van der Waals surface area (Å²) < 4.78 is 30.9. The number of carbonyl (C=O) groups excluding carboxylic acids is 2. The Morgan fingerprint density at radius 3 is 2.89 bits per heavy atom. The van der Waals surface area contributed by atoms with E-state index in [4.69, 9.17) is 14.2 Å². The van der Waals surface area contributed by atoms with E-state index in [1.807, 2.05) is 6.92 Å². The topological polar surface area (TPSA) is 107 Å². The Morgan fingerprint density at radius 2 is 2.14 bits per heavy atom. The van der Waals surface area contributed by atoms with Gasteiger partial charge >= 0.3 is 0 Å². The van der Waals surface area contributed by atoms with Crippen molar-refractivity contribution in [3.05, 3.63) is 58.2 Å². The van der Waals surface area contributed by atoms with E-state index in [1.165, 1.54) is 12.1 Å². The molecule has 8 nitrogen and oxygen atoms in total. The Balaban J connectivity index is 1.52. The molecule has 1 aromatic carbocycles. The van der Waals surface area contributed by atoms with Crippen molar-refractivity contribution in [3.63, 3.8) is 0 Å². The number of pyridine rings is 1. The summed E-state index contributed by atoms with van der Waals surface area (Å²) in [4.78, 5) is 29.8. The van der Waals surface area contributed by atoms with Gasteiger partial charge in [-0.25, -0.2) is 9.37 Å². The standard InChI is InChI=1S/C26H31FN2O6/c1-15(13-33-2)9-23(30)18-4-3-16(11-19(18)27)10-17-12-22(28-21-6-8-35-25(17)21)26(32)29-20-5-7-34-14-24(20)31/h3-4,11-12,15,20,24,31H,5-10,13-14H2,1-2H3,(H,29,32)/t15?,20-,24-/m0/s1. The SMILES string of the molecule is COCC(C)CC(=O)c1ccc(Cc2cc(C(=O)N[C@H]3CCOC[C@@H]3O)nc3c2OCC3)cc1F. The molecule has 9 heteroatoms. The summed E-state index contributed by atoms with van der Waals surface area (Å²) in [6.45, 7) is 3.42. The smallest absolute Gasteiger partial charge is 0.270 e. The van der Waals surface area contributed by atoms with E-state index >= 15 is 0 Å². The molecule has 1 unspecified atom stereocenters. The fraction of sp³-hybridized carbons (Fsp3) is 0.500. The lowest BCUT2D eigenvalue weighted by atomic mass is 9.97. The van der Waals surface area contributed by atoms with Gasteiger partial charge in [0.15, 0.2) is 5.78 Å². The van der Waals surface area contributed by atoms with Gasteiger partial charge in [0.1, 0.15) is 17.3 Å². The average Bonchev–Trinajstić information content (AvgIpc) is 3.30. The minimum Gasteiger partial charge on any atom is -0.491 e. The van der Waals surface area contributed by atoms with E-state index in [9.17, 15) is 19.1 Å². The van der Waals surface area contributed by atoms with E-state index in [2.05, 4.69) is 10.3 Å². The number of halogens is 1. The number of aliphatic hydroxyl groups excluding tert-OH is 1. The van der Waals surface area contributed by atoms with Crippen LogP contribution in [0.1, 0.15) is 57.4 Å². The van der Waals surface area contributed by atoms with Crippen molar-refractivity contribution in [3.8, 4) is 5.75 Å². The van der Waals surface area contributed by atoms with Gasteiger partial charge in [-0.1, -0.05) is 13.0 Å². The third-order valence-corrected chi connectivity index (χ3v) is 6.29. The molecule has 2 N–H and O–H groups in total. The molecule has 4 rings (SSSR count). The van der Waals surface area contributed by atoms with Gasteiger partial charge in [-0.3, -0.25) is 9.59 Å². The predicted octanol–water partition coefficient (Wildman–Crippen LogP) is 2.48. The van der Waals surface area contributed by atoms with Crippen LogP contribution in [0.2, 0.25) is 0 Å². The predicted molar refractivity (Wildman–Crippen MR) is 125 cm³/mol. The molecular formula is C26H31FN2O6. The molecule has 0 saturated carbocycles. The highest BCUT2D eigenvalue weighted by molar-refractivity contribution is 5.96. The number of nitrogens with zero attached hydrogens (tertiary/aromatic N) is 1. The molecule has 0 bridgehead atoms. The molecule has 1 saturated heterocycles. The van der Waals surface area contributed by atoms with Gasteiger partial charge in [0.05, 0.1) is 36.6 Å². The van der Waals surface area contributed by atoms with Crippen LogP contribution in [0.15, 0.2) is 24.3 Å². The summed E-state index contributed by atoms with van der Waals surface area (Å²) in [5, 5.41) is 12.9. The molecule has 1 aromatic heterocycles. The number of Topliss-reactive ketones (excluding diaryl/α,β-unsaturated/α-hetero) is 1. The maximum absolute atomic E-state index is 14.8. The molecule has 3 atom stereocenters. The molecule has 1 amide bonds. The number of amides is 1. The van der Waals surface area contributed by atoms with E-state index in [0.29, 0.717) is 56.1 Å². The minimum atomic E-state index is -0.772. The summed E-state index contributed by atoms with van der Waals surface area (Å²) in [6.07, 6.45) is 0.839. The number of ether oxygens (including phenoxy) is 3. The van der Waals surface area contributed by atoms with Gasteiger partial charge in [0.25, 0.3) is 5.91 Å². The van der Waals surface area contributed by atoms with Crippen LogP contribution >= 0.6 is 0 Å². The van der Waals surface area contributed by atoms with Gasteiger partial charge in [-0.2, -0.15) is 0 Å². The number of benzene rings is 1. The van der Waals surface area contributed by atoms with Crippen LogP contribution in [-0.4, -0.2) is 67.5 Å². The number of methoxy groups -OCH3 is 1. The van der Waals surface area contributed by atoms with Gasteiger partial charge in [-0.15, -0.1) is 0 Å². The Morgan fingerprint density at radius 1 is 1.31 bits per heavy atom. The monoisotopic (exact) mass is 486 g/mol. The van der Waals surface area contributed by atoms with Crippen molar-refractivity contribution in [1.29, 1.82) is 0 Å². The van der Waals surface area contributed by atoms with Crippen LogP contribution in [0, 0.1) is 11.7 Å². The van der Waals surface area contributed by atoms with Crippen LogP contribution in [0.5, 0.6) is 5.75 Å². The largest absolute Gasteiger partial charge is 0.491 e. The highest BCUT2D eigenvalue weighted by atomic mass is 19.1. The van der Waals surface area contributed by atoms with Crippen molar-refractivity contribution in [1.82, 2.24) is 10.3 Å². The summed E-state index contributed by atoms with van der Waals surface area (Å²) in [5.41, 5.74) is 2.33. The molecule has 0 aliphatic carbocycles. The van der Waals surface area contributed by atoms with E-state index in [-0.39, 0.29) is 41.9 Å². The summed E-state index contributed by atoms with van der Waals surface area (Å²) in [6, 6.07) is 5.83. The highest BCUT2D eigenvalue weighted by Gasteiger charge is 2.28. The number of hydrogen-bond donors (Lipinski definition) is 2. The number of hydrogen-bond acceptors (Lipinski definition) is 7.